The first-order valence-corrected chi connectivity index (χ1v) is 6.13. The number of thioether (sulfide) groups is 2. The highest BCUT2D eigenvalue weighted by atomic mass is 32.2. The predicted octanol–water partition coefficient (Wildman–Crippen LogP) is 2.06. The van der Waals surface area contributed by atoms with Crippen molar-refractivity contribution in [2.75, 3.05) is 23.0 Å². The Hall–Kier alpha value is 0.370. The molecule has 0 unspecified atom stereocenters. The standard InChI is InChI=1S/C8H14OS2/c1-7(9)8(2)5-10-3-4-11-6-8/h3-6H2,1-2H3. The van der Waals surface area contributed by atoms with Gasteiger partial charge in [0.05, 0.1) is 0 Å². The van der Waals surface area contributed by atoms with Crippen LogP contribution in [-0.2, 0) is 4.79 Å². The van der Waals surface area contributed by atoms with Crippen LogP contribution >= 0.6 is 23.5 Å². The van der Waals surface area contributed by atoms with Gasteiger partial charge in [-0.1, -0.05) is 6.92 Å². The van der Waals surface area contributed by atoms with Gasteiger partial charge in [0.25, 0.3) is 0 Å². The summed E-state index contributed by atoms with van der Waals surface area (Å²) in [5.74, 6) is 4.77. The Morgan fingerprint density at radius 3 is 2.09 bits per heavy atom. The molecule has 0 atom stereocenters. The van der Waals surface area contributed by atoms with E-state index in [4.69, 9.17) is 0 Å². The van der Waals surface area contributed by atoms with Crippen molar-refractivity contribution < 1.29 is 4.79 Å². The second-order valence-electron chi connectivity index (χ2n) is 3.22. The number of hydrogen-bond donors (Lipinski definition) is 0. The lowest BCUT2D eigenvalue weighted by Crippen LogP contribution is -2.30. The molecule has 64 valence electrons. The Balaban J connectivity index is 2.59. The van der Waals surface area contributed by atoms with Crippen LogP contribution < -0.4 is 0 Å². The molecule has 0 aliphatic carbocycles. The highest BCUT2D eigenvalue weighted by Gasteiger charge is 2.30. The maximum atomic E-state index is 11.2. The molecule has 0 aromatic carbocycles. The fourth-order valence-electron chi connectivity index (χ4n) is 0.958. The van der Waals surface area contributed by atoms with E-state index in [0.717, 1.165) is 11.5 Å². The second kappa shape index (κ2) is 3.85. The summed E-state index contributed by atoms with van der Waals surface area (Å²) < 4.78 is 0. The van der Waals surface area contributed by atoms with Crippen molar-refractivity contribution in [3.63, 3.8) is 0 Å². The molecule has 0 amide bonds. The number of carbonyl (C=O) groups excluding carboxylic acids is 1. The summed E-state index contributed by atoms with van der Waals surface area (Å²) in [6.45, 7) is 3.80. The van der Waals surface area contributed by atoms with Crippen molar-refractivity contribution >= 4 is 29.3 Å². The molecule has 0 bridgehead atoms. The Labute approximate surface area is 76.7 Å². The SMILES string of the molecule is CC(=O)C1(C)CSCCSC1. The van der Waals surface area contributed by atoms with E-state index < -0.39 is 0 Å². The number of hydrogen-bond acceptors (Lipinski definition) is 3. The molecule has 1 heterocycles. The fraction of sp³-hybridized carbons (Fsp3) is 0.875. The van der Waals surface area contributed by atoms with E-state index in [1.807, 2.05) is 23.5 Å². The summed E-state index contributed by atoms with van der Waals surface area (Å²) in [6, 6.07) is 0. The van der Waals surface area contributed by atoms with Crippen LogP contribution in [0.3, 0.4) is 0 Å². The molecule has 3 heteroatoms. The van der Waals surface area contributed by atoms with Gasteiger partial charge >= 0.3 is 0 Å². The monoisotopic (exact) mass is 190 g/mol. The highest BCUT2D eigenvalue weighted by Crippen LogP contribution is 2.31. The summed E-state index contributed by atoms with van der Waals surface area (Å²) >= 11 is 3.82. The Morgan fingerprint density at radius 1 is 1.27 bits per heavy atom. The zero-order chi connectivity index (χ0) is 8.32. The molecular formula is C8H14OS2. The molecule has 1 aliphatic heterocycles. The minimum absolute atomic E-state index is 0.0498. The third-order valence-electron chi connectivity index (χ3n) is 2.06. The van der Waals surface area contributed by atoms with Crippen LogP contribution in [0.5, 0.6) is 0 Å². The van der Waals surface area contributed by atoms with E-state index in [1.165, 1.54) is 11.5 Å². The molecule has 1 aliphatic rings. The molecule has 1 nitrogen and oxygen atoms in total. The van der Waals surface area contributed by atoms with Crippen molar-refractivity contribution in [1.29, 1.82) is 0 Å². The highest BCUT2D eigenvalue weighted by molar-refractivity contribution is 8.03. The van der Waals surface area contributed by atoms with Crippen molar-refractivity contribution in [3.05, 3.63) is 0 Å². The molecule has 0 radical (unpaired) electrons. The van der Waals surface area contributed by atoms with Crippen molar-refractivity contribution in [3.8, 4) is 0 Å². The normalized spacial score (nSPS) is 24.2. The largest absolute Gasteiger partial charge is 0.299 e. The van der Waals surface area contributed by atoms with Crippen molar-refractivity contribution in [2.24, 2.45) is 5.41 Å². The molecule has 11 heavy (non-hydrogen) atoms. The fourth-order valence-corrected chi connectivity index (χ4v) is 3.83. The minimum Gasteiger partial charge on any atom is -0.299 e. The molecule has 1 rings (SSSR count). The van der Waals surface area contributed by atoms with Crippen LogP contribution in [-0.4, -0.2) is 28.8 Å². The van der Waals surface area contributed by atoms with Crippen LogP contribution in [0.1, 0.15) is 13.8 Å². The number of rotatable bonds is 1. The topological polar surface area (TPSA) is 17.1 Å². The zero-order valence-electron chi connectivity index (χ0n) is 7.05. The third-order valence-corrected chi connectivity index (χ3v) is 4.99. The van der Waals surface area contributed by atoms with E-state index >= 15 is 0 Å². The summed E-state index contributed by atoms with van der Waals surface area (Å²) in [5.41, 5.74) is -0.0498. The Bertz CT molecular complexity index is 148. The minimum atomic E-state index is -0.0498. The number of carbonyl (C=O) groups is 1. The second-order valence-corrected chi connectivity index (χ2v) is 5.43. The maximum Gasteiger partial charge on any atom is 0.137 e. The van der Waals surface area contributed by atoms with Gasteiger partial charge in [-0.25, -0.2) is 0 Å². The van der Waals surface area contributed by atoms with Gasteiger partial charge in [0.15, 0.2) is 0 Å². The predicted molar refractivity (Wildman–Crippen MR) is 53.4 cm³/mol. The lowest BCUT2D eigenvalue weighted by atomic mass is 9.91. The van der Waals surface area contributed by atoms with Gasteiger partial charge in [-0.05, 0) is 6.92 Å². The lowest BCUT2D eigenvalue weighted by Gasteiger charge is -2.22. The van der Waals surface area contributed by atoms with Crippen LogP contribution in [0, 0.1) is 5.41 Å². The van der Waals surface area contributed by atoms with Gasteiger partial charge in [0.2, 0.25) is 0 Å². The number of ketones is 1. The van der Waals surface area contributed by atoms with Crippen LogP contribution in [0.4, 0.5) is 0 Å². The van der Waals surface area contributed by atoms with Gasteiger partial charge in [-0.15, -0.1) is 0 Å². The Morgan fingerprint density at radius 2 is 1.73 bits per heavy atom. The van der Waals surface area contributed by atoms with Gasteiger partial charge in [-0.2, -0.15) is 23.5 Å². The van der Waals surface area contributed by atoms with Gasteiger partial charge in [0.1, 0.15) is 5.78 Å². The van der Waals surface area contributed by atoms with Crippen LogP contribution in [0.25, 0.3) is 0 Å². The molecule has 0 aromatic rings. The molecule has 1 saturated heterocycles. The molecule has 0 N–H and O–H groups in total. The van der Waals surface area contributed by atoms with E-state index in [-0.39, 0.29) is 5.41 Å². The number of Topliss-reactive ketones (excluding diaryl/α,β-unsaturated/α-hetero) is 1. The van der Waals surface area contributed by atoms with Crippen LogP contribution in [0.2, 0.25) is 0 Å². The first-order valence-electron chi connectivity index (χ1n) is 3.82. The zero-order valence-corrected chi connectivity index (χ0v) is 8.69. The molecule has 1 fully saturated rings. The summed E-state index contributed by atoms with van der Waals surface area (Å²) in [5, 5.41) is 0. The van der Waals surface area contributed by atoms with Crippen molar-refractivity contribution in [2.45, 2.75) is 13.8 Å². The average Bonchev–Trinajstić information content (AvgIpc) is 2.15. The molecular weight excluding hydrogens is 176 g/mol. The molecule has 0 spiro atoms. The van der Waals surface area contributed by atoms with Gasteiger partial charge in [0, 0.05) is 28.4 Å². The Kier molecular flexibility index (Phi) is 3.31. The first kappa shape index (κ1) is 9.46. The van der Waals surface area contributed by atoms with E-state index in [0.29, 0.717) is 5.78 Å². The summed E-state index contributed by atoms with van der Waals surface area (Å²) in [4.78, 5) is 11.2. The molecule has 0 saturated carbocycles. The first-order chi connectivity index (χ1) is 5.15. The van der Waals surface area contributed by atoms with E-state index in [1.54, 1.807) is 6.92 Å². The van der Waals surface area contributed by atoms with Gasteiger partial charge < -0.3 is 0 Å². The van der Waals surface area contributed by atoms with Crippen LogP contribution in [0.15, 0.2) is 0 Å². The lowest BCUT2D eigenvalue weighted by molar-refractivity contribution is -0.123. The van der Waals surface area contributed by atoms with E-state index in [9.17, 15) is 4.79 Å². The average molecular weight is 190 g/mol. The third kappa shape index (κ3) is 2.41. The molecule has 0 aromatic heterocycles. The maximum absolute atomic E-state index is 11.2. The van der Waals surface area contributed by atoms with Gasteiger partial charge in [-0.3, -0.25) is 4.79 Å². The van der Waals surface area contributed by atoms with E-state index in [2.05, 4.69) is 6.92 Å². The van der Waals surface area contributed by atoms with Crippen molar-refractivity contribution in [1.82, 2.24) is 0 Å². The summed E-state index contributed by atoms with van der Waals surface area (Å²) in [6.07, 6.45) is 0. The quantitative estimate of drug-likeness (QED) is 0.630. The summed E-state index contributed by atoms with van der Waals surface area (Å²) in [7, 11) is 0. The smallest absolute Gasteiger partial charge is 0.137 e.